The molecule has 0 bridgehead atoms. The van der Waals surface area contributed by atoms with Crippen molar-refractivity contribution in [1.82, 2.24) is 4.98 Å². The number of methoxy groups -OCH3 is 1. The SMILES string of the molecule is COc1cccc(C(=O)N(Cc2cccnc2)c2ccc(F)cc2)c1. The minimum absolute atomic E-state index is 0.200. The molecule has 0 spiro atoms. The summed E-state index contributed by atoms with van der Waals surface area (Å²) in [6.07, 6.45) is 3.38. The number of carbonyl (C=O) groups excluding carboxylic acids is 1. The molecule has 5 heteroatoms. The normalized spacial score (nSPS) is 10.3. The van der Waals surface area contributed by atoms with Gasteiger partial charge < -0.3 is 9.64 Å². The lowest BCUT2D eigenvalue weighted by molar-refractivity contribution is 0.0984. The van der Waals surface area contributed by atoms with Gasteiger partial charge in [-0.1, -0.05) is 12.1 Å². The third kappa shape index (κ3) is 4.01. The Labute approximate surface area is 145 Å². The van der Waals surface area contributed by atoms with Crippen LogP contribution in [0.3, 0.4) is 0 Å². The van der Waals surface area contributed by atoms with Crippen molar-refractivity contribution in [1.29, 1.82) is 0 Å². The predicted octanol–water partition coefficient (Wildman–Crippen LogP) is 4.08. The van der Waals surface area contributed by atoms with Crippen molar-refractivity contribution in [3.05, 3.63) is 90.0 Å². The number of benzene rings is 2. The minimum Gasteiger partial charge on any atom is -0.497 e. The zero-order chi connectivity index (χ0) is 17.6. The number of aromatic nitrogens is 1. The fourth-order valence-corrected chi connectivity index (χ4v) is 2.49. The molecule has 0 N–H and O–H groups in total. The van der Waals surface area contributed by atoms with Gasteiger partial charge in [0.2, 0.25) is 0 Å². The maximum atomic E-state index is 13.3. The highest BCUT2D eigenvalue weighted by atomic mass is 19.1. The van der Waals surface area contributed by atoms with Crippen LogP contribution in [0, 0.1) is 5.82 Å². The number of pyridine rings is 1. The van der Waals surface area contributed by atoms with Gasteiger partial charge in [0.15, 0.2) is 0 Å². The van der Waals surface area contributed by atoms with Gasteiger partial charge in [0.1, 0.15) is 11.6 Å². The highest BCUT2D eigenvalue weighted by Gasteiger charge is 2.19. The second kappa shape index (κ2) is 7.57. The van der Waals surface area contributed by atoms with Gasteiger partial charge in [-0.25, -0.2) is 4.39 Å². The van der Waals surface area contributed by atoms with E-state index >= 15 is 0 Å². The summed E-state index contributed by atoms with van der Waals surface area (Å²) >= 11 is 0. The van der Waals surface area contributed by atoms with Crippen molar-refractivity contribution in [2.45, 2.75) is 6.54 Å². The third-order valence-corrected chi connectivity index (χ3v) is 3.76. The Bertz CT molecular complexity index is 851. The van der Waals surface area contributed by atoms with E-state index in [0.29, 0.717) is 23.5 Å². The summed E-state index contributed by atoms with van der Waals surface area (Å²) < 4.78 is 18.5. The number of ether oxygens (including phenoxy) is 1. The monoisotopic (exact) mass is 336 g/mol. The highest BCUT2D eigenvalue weighted by Crippen LogP contribution is 2.22. The van der Waals surface area contributed by atoms with E-state index in [0.717, 1.165) is 5.56 Å². The Balaban J connectivity index is 1.97. The van der Waals surface area contributed by atoms with Gasteiger partial charge in [-0.3, -0.25) is 9.78 Å². The first kappa shape index (κ1) is 16.6. The average Bonchev–Trinajstić information content (AvgIpc) is 2.67. The Morgan fingerprint density at radius 1 is 1.12 bits per heavy atom. The summed E-state index contributed by atoms with van der Waals surface area (Å²) in [5, 5.41) is 0. The number of nitrogens with zero attached hydrogens (tertiary/aromatic N) is 2. The van der Waals surface area contributed by atoms with Crippen LogP contribution in [0.1, 0.15) is 15.9 Å². The van der Waals surface area contributed by atoms with Crippen molar-refractivity contribution < 1.29 is 13.9 Å². The van der Waals surface area contributed by atoms with E-state index in [-0.39, 0.29) is 11.7 Å². The summed E-state index contributed by atoms with van der Waals surface area (Å²) in [5.74, 6) is 0.0551. The summed E-state index contributed by atoms with van der Waals surface area (Å²) in [7, 11) is 1.55. The molecule has 0 atom stereocenters. The smallest absolute Gasteiger partial charge is 0.258 e. The summed E-state index contributed by atoms with van der Waals surface area (Å²) in [6, 6.07) is 16.5. The molecule has 25 heavy (non-hydrogen) atoms. The van der Waals surface area contributed by atoms with Gasteiger partial charge in [-0.15, -0.1) is 0 Å². The van der Waals surface area contributed by atoms with Crippen molar-refractivity contribution in [3.63, 3.8) is 0 Å². The number of carbonyl (C=O) groups is 1. The highest BCUT2D eigenvalue weighted by molar-refractivity contribution is 6.06. The van der Waals surface area contributed by atoms with Crippen LogP contribution in [0.15, 0.2) is 73.1 Å². The molecule has 3 aromatic rings. The van der Waals surface area contributed by atoms with E-state index in [9.17, 15) is 9.18 Å². The van der Waals surface area contributed by atoms with Crippen LogP contribution >= 0.6 is 0 Å². The number of amides is 1. The minimum atomic E-state index is -0.348. The Hall–Kier alpha value is -3.21. The number of hydrogen-bond acceptors (Lipinski definition) is 3. The molecule has 4 nitrogen and oxygen atoms in total. The fourth-order valence-electron chi connectivity index (χ4n) is 2.49. The van der Waals surface area contributed by atoms with Crippen LogP contribution in [0.4, 0.5) is 10.1 Å². The van der Waals surface area contributed by atoms with Crippen molar-refractivity contribution in [3.8, 4) is 5.75 Å². The molecule has 1 amide bonds. The van der Waals surface area contributed by atoms with E-state index in [1.165, 1.54) is 12.1 Å². The molecule has 3 rings (SSSR count). The van der Waals surface area contributed by atoms with Gasteiger partial charge in [0.05, 0.1) is 13.7 Å². The molecule has 0 fully saturated rings. The first-order valence-electron chi connectivity index (χ1n) is 7.78. The summed E-state index contributed by atoms with van der Waals surface area (Å²) in [5.41, 5.74) is 1.98. The lowest BCUT2D eigenvalue weighted by atomic mass is 10.1. The molecule has 1 heterocycles. The Morgan fingerprint density at radius 3 is 2.60 bits per heavy atom. The first-order chi connectivity index (χ1) is 12.2. The average molecular weight is 336 g/mol. The molecule has 126 valence electrons. The largest absolute Gasteiger partial charge is 0.497 e. The molecule has 0 aliphatic rings. The van der Waals surface area contributed by atoms with Gasteiger partial charge in [0, 0.05) is 23.6 Å². The van der Waals surface area contributed by atoms with E-state index in [1.54, 1.807) is 60.8 Å². The van der Waals surface area contributed by atoms with Crippen LogP contribution in [0.5, 0.6) is 5.75 Å². The Kier molecular flexibility index (Phi) is 5.04. The zero-order valence-electron chi connectivity index (χ0n) is 13.7. The second-order valence-electron chi connectivity index (χ2n) is 5.46. The molecule has 2 aromatic carbocycles. The molecule has 0 aliphatic carbocycles. The number of halogens is 1. The van der Waals surface area contributed by atoms with Gasteiger partial charge in [0.25, 0.3) is 5.91 Å². The van der Waals surface area contributed by atoms with E-state index in [4.69, 9.17) is 4.74 Å². The molecule has 0 saturated heterocycles. The molecular formula is C20H17FN2O2. The maximum absolute atomic E-state index is 13.3. The lowest BCUT2D eigenvalue weighted by Crippen LogP contribution is -2.30. The molecule has 0 unspecified atom stereocenters. The summed E-state index contributed by atoms with van der Waals surface area (Å²) in [4.78, 5) is 18.7. The van der Waals surface area contributed by atoms with Crippen molar-refractivity contribution in [2.75, 3.05) is 12.0 Å². The topological polar surface area (TPSA) is 42.4 Å². The van der Waals surface area contributed by atoms with Crippen LogP contribution < -0.4 is 9.64 Å². The molecule has 0 aliphatic heterocycles. The van der Waals surface area contributed by atoms with Crippen LogP contribution in [0.2, 0.25) is 0 Å². The predicted molar refractivity (Wildman–Crippen MR) is 94.1 cm³/mol. The number of rotatable bonds is 5. The zero-order valence-corrected chi connectivity index (χ0v) is 13.7. The summed E-state index contributed by atoms with van der Waals surface area (Å²) in [6.45, 7) is 0.329. The Morgan fingerprint density at radius 2 is 1.92 bits per heavy atom. The van der Waals surface area contributed by atoms with Crippen LogP contribution in [0.25, 0.3) is 0 Å². The quantitative estimate of drug-likeness (QED) is 0.705. The first-order valence-corrected chi connectivity index (χ1v) is 7.78. The molecule has 1 aromatic heterocycles. The van der Waals surface area contributed by atoms with E-state index < -0.39 is 0 Å². The van der Waals surface area contributed by atoms with Crippen LogP contribution in [-0.2, 0) is 6.54 Å². The van der Waals surface area contributed by atoms with Crippen molar-refractivity contribution >= 4 is 11.6 Å². The van der Waals surface area contributed by atoms with E-state index in [1.807, 2.05) is 12.1 Å². The second-order valence-corrected chi connectivity index (χ2v) is 5.46. The fraction of sp³-hybridized carbons (Fsp3) is 0.100. The number of hydrogen-bond donors (Lipinski definition) is 0. The lowest BCUT2D eigenvalue weighted by Gasteiger charge is -2.23. The van der Waals surface area contributed by atoms with Gasteiger partial charge in [-0.05, 0) is 54.1 Å². The molecular weight excluding hydrogens is 319 g/mol. The molecule has 0 radical (unpaired) electrons. The van der Waals surface area contributed by atoms with Gasteiger partial charge in [-0.2, -0.15) is 0 Å². The molecule has 0 saturated carbocycles. The standard InChI is InChI=1S/C20H17FN2O2/c1-25-19-6-2-5-16(12-19)20(24)23(14-15-4-3-11-22-13-15)18-9-7-17(21)8-10-18/h2-13H,14H2,1H3. The van der Waals surface area contributed by atoms with Gasteiger partial charge >= 0.3 is 0 Å². The third-order valence-electron chi connectivity index (χ3n) is 3.76. The van der Waals surface area contributed by atoms with E-state index in [2.05, 4.69) is 4.98 Å². The van der Waals surface area contributed by atoms with Crippen molar-refractivity contribution in [2.24, 2.45) is 0 Å². The van der Waals surface area contributed by atoms with Crippen LogP contribution in [-0.4, -0.2) is 18.0 Å². The number of anilines is 1. The maximum Gasteiger partial charge on any atom is 0.258 e.